The minimum absolute atomic E-state index is 0.324. The third-order valence-electron chi connectivity index (χ3n) is 2.71. The van der Waals surface area contributed by atoms with E-state index in [0.717, 1.165) is 17.7 Å². The smallest absolute Gasteiger partial charge is 0.119 e. The number of nitrogens with zero attached hydrogens (tertiary/aromatic N) is 2. The van der Waals surface area contributed by atoms with Crippen LogP contribution in [0, 0.1) is 0 Å². The fourth-order valence-corrected chi connectivity index (χ4v) is 1.73. The Labute approximate surface area is 107 Å². The second kappa shape index (κ2) is 6.21. The number of benzene rings is 1. The van der Waals surface area contributed by atoms with Gasteiger partial charge in [0.15, 0.2) is 0 Å². The molecule has 0 saturated heterocycles. The van der Waals surface area contributed by atoms with E-state index in [0.29, 0.717) is 13.0 Å². The van der Waals surface area contributed by atoms with Crippen molar-refractivity contribution in [2.75, 3.05) is 6.61 Å². The molecule has 96 valence electrons. The molecular weight excluding hydrogens is 228 g/mol. The van der Waals surface area contributed by atoms with Gasteiger partial charge >= 0.3 is 0 Å². The van der Waals surface area contributed by atoms with Crippen LogP contribution in [0.1, 0.15) is 12.0 Å². The highest BCUT2D eigenvalue weighted by molar-refractivity contribution is 5.20. The van der Waals surface area contributed by atoms with E-state index in [1.54, 1.807) is 4.68 Å². The number of aliphatic hydroxyl groups is 1. The van der Waals surface area contributed by atoms with E-state index in [2.05, 4.69) is 5.10 Å². The molecule has 2 rings (SSSR count). The van der Waals surface area contributed by atoms with Crippen molar-refractivity contribution in [3.05, 3.63) is 48.3 Å². The van der Waals surface area contributed by atoms with Gasteiger partial charge in [0, 0.05) is 13.2 Å². The molecule has 0 radical (unpaired) electrons. The molecule has 0 aliphatic heterocycles. The second-order valence-corrected chi connectivity index (χ2v) is 4.34. The molecule has 0 spiro atoms. The van der Waals surface area contributed by atoms with Gasteiger partial charge in [-0.05, 0) is 30.5 Å². The number of aromatic nitrogens is 2. The molecule has 0 bridgehead atoms. The standard InChI is InChI=1S/C14H18N2O2/c1-16-10-12(9-15-16)7-8-13(17)11-18-14-5-3-2-4-6-14/h2-6,9-10,13,17H,7-8,11H2,1H3. The van der Waals surface area contributed by atoms with Crippen molar-refractivity contribution in [1.29, 1.82) is 0 Å². The molecule has 0 saturated carbocycles. The summed E-state index contributed by atoms with van der Waals surface area (Å²) in [6.45, 7) is 0.324. The van der Waals surface area contributed by atoms with Crippen molar-refractivity contribution in [3.63, 3.8) is 0 Å². The molecular formula is C14H18N2O2. The number of aryl methyl sites for hydroxylation is 2. The predicted octanol–water partition coefficient (Wildman–Crippen LogP) is 1.79. The van der Waals surface area contributed by atoms with Crippen LogP contribution in [0.5, 0.6) is 5.75 Å². The van der Waals surface area contributed by atoms with Crippen molar-refractivity contribution >= 4 is 0 Å². The molecule has 1 heterocycles. The predicted molar refractivity (Wildman–Crippen MR) is 69.5 cm³/mol. The first-order chi connectivity index (χ1) is 8.74. The fraction of sp³-hybridized carbons (Fsp3) is 0.357. The van der Waals surface area contributed by atoms with E-state index >= 15 is 0 Å². The minimum Gasteiger partial charge on any atom is -0.491 e. The zero-order valence-electron chi connectivity index (χ0n) is 10.5. The lowest BCUT2D eigenvalue weighted by Gasteiger charge is -2.11. The number of para-hydroxylation sites is 1. The van der Waals surface area contributed by atoms with Crippen LogP contribution >= 0.6 is 0 Å². The van der Waals surface area contributed by atoms with Crippen molar-refractivity contribution in [2.45, 2.75) is 18.9 Å². The Morgan fingerprint density at radius 1 is 1.33 bits per heavy atom. The molecule has 0 aliphatic rings. The first-order valence-corrected chi connectivity index (χ1v) is 6.07. The summed E-state index contributed by atoms with van der Waals surface area (Å²) in [7, 11) is 1.89. The third-order valence-corrected chi connectivity index (χ3v) is 2.71. The van der Waals surface area contributed by atoms with Gasteiger partial charge in [0.2, 0.25) is 0 Å². The number of aliphatic hydroxyl groups excluding tert-OH is 1. The monoisotopic (exact) mass is 246 g/mol. The van der Waals surface area contributed by atoms with E-state index < -0.39 is 6.10 Å². The molecule has 4 heteroatoms. The van der Waals surface area contributed by atoms with Crippen LogP contribution in [0.25, 0.3) is 0 Å². The largest absolute Gasteiger partial charge is 0.491 e. The highest BCUT2D eigenvalue weighted by Gasteiger charge is 2.06. The van der Waals surface area contributed by atoms with Gasteiger partial charge in [-0.2, -0.15) is 5.10 Å². The summed E-state index contributed by atoms with van der Waals surface area (Å²) in [5, 5.41) is 13.9. The average molecular weight is 246 g/mol. The van der Waals surface area contributed by atoms with Crippen LogP contribution < -0.4 is 4.74 Å². The quantitative estimate of drug-likeness (QED) is 0.845. The Hall–Kier alpha value is -1.81. The van der Waals surface area contributed by atoms with Crippen LogP contribution in [-0.2, 0) is 13.5 Å². The summed E-state index contributed by atoms with van der Waals surface area (Å²) in [6.07, 6.45) is 4.83. The van der Waals surface area contributed by atoms with Crippen molar-refractivity contribution < 1.29 is 9.84 Å². The van der Waals surface area contributed by atoms with E-state index in [1.807, 2.05) is 49.8 Å². The summed E-state index contributed by atoms with van der Waals surface area (Å²) < 4.78 is 7.26. The van der Waals surface area contributed by atoms with E-state index in [1.165, 1.54) is 0 Å². The number of ether oxygens (including phenoxy) is 1. The van der Waals surface area contributed by atoms with E-state index in [4.69, 9.17) is 4.74 Å². The number of hydrogen-bond donors (Lipinski definition) is 1. The fourth-order valence-electron chi connectivity index (χ4n) is 1.73. The van der Waals surface area contributed by atoms with Crippen LogP contribution in [0.2, 0.25) is 0 Å². The lowest BCUT2D eigenvalue weighted by molar-refractivity contribution is 0.100. The molecule has 0 aliphatic carbocycles. The maximum Gasteiger partial charge on any atom is 0.119 e. The van der Waals surface area contributed by atoms with Gasteiger partial charge in [-0.25, -0.2) is 0 Å². The Morgan fingerprint density at radius 2 is 2.11 bits per heavy atom. The summed E-state index contributed by atoms with van der Waals surface area (Å²) >= 11 is 0. The Bertz CT molecular complexity index is 468. The summed E-state index contributed by atoms with van der Waals surface area (Å²) in [6, 6.07) is 9.53. The maximum atomic E-state index is 9.83. The first kappa shape index (κ1) is 12.6. The molecule has 1 aromatic carbocycles. The Balaban J connectivity index is 1.71. The maximum absolute atomic E-state index is 9.83. The van der Waals surface area contributed by atoms with Crippen LogP contribution in [0.4, 0.5) is 0 Å². The van der Waals surface area contributed by atoms with Gasteiger partial charge in [-0.15, -0.1) is 0 Å². The van der Waals surface area contributed by atoms with Crippen molar-refractivity contribution in [3.8, 4) is 5.75 Å². The first-order valence-electron chi connectivity index (χ1n) is 6.07. The summed E-state index contributed by atoms with van der Waals surface area (Å²) in [5.74, 6) is 0.790. The highest BCUT2D eigenvalue weighted by Crippen LogP contribution is 2.10. The lowest BCUT2D eigenvalue weighted by atomic mass is 10.1. The number of rotatable bonds is 6. The van der Waals surface area contributed by atoms with Crippen molar-refractivity contribution in [1.82, 2.24) is 9.78 Å². The molecule has 0 fully saturated rings. The van der Waals surface area contributed by atoms with E-state index in [9.17, 15) is 5.11 Å². The zero-order valence-corrected chi connectivity index (χ0v) is 10.5. The van der Waals surface area contributed by atoms with E-state index in [-0.39, 0.29) is 0 Å². The molecule has 1 N–H and O–H groups in total. The normalized spacial score (nSPS) is 12.3. The molecule has 1 aromatic heterocycles. The molecule has 0 amide bonds. The van der Waals surface area contributed by atoms with Gasteiger partial charge in [0.05, 0.1) is 12.3 Å². The lowest BCUT2D eigenvalue weighted by Crippen LogP contribution is -2.18. The molecule has 18 heavy (non-hydrogen) atoms. The van der Waals surface area contributed by atoms with Crippen LogP contribution in [0.3, 0.4) is 0 Å². The SMILES string of the molecule is Cn1cc(CCC(O)COc2ccccc2)cn1. The molecule has 1 atom stereocenters. The summed E-state index contributed by atoms with van der Waals surface area (Å²) in [4.78, 5) is 0. The molecule has 4 nitrogen and oxygen atoms in total. The number of hydrogen-bond acceptors (Lipinski definition) is 3. The third kappa shape index (κ3) is 3.89. The summed E-state index contributed by atoms with van der Waals surface area (Å²) in [5.41, 5.74) is 1.14. The molecule has 2 aromatic rings. The minimum atomic E-state index is -0.453. The van der Waals surface area contributed by atoms with Gasteiger partial charge in [-0.3, -0.25) is 4.68 Å². The molecule has 1 unspecified atom stereocenters. The Morgan fingerprint density at radius 3 is 2.78 bits per heavy atom. The van der Waals surface area contributed by atoms with Gasteiger partial charge in [0.25, 0.3) is 0 Å². The van der Waals surface area contributed by atoms with Gasteiger partial charge in [0.1, 0.15) is 12.4 Å². The van der Waals surface area contributed by atoms with Gasteiger partial charge < -0.3 is 9.84 Å². The second-order valence-electron chi connectivity index (χ2n) is 4.34. The van der Waals surface area contributed by atoms with Crippen LogP contribution in [0.15, 0.2) is 42.7 Å². The zero-order chi connectivity index (χ0) is 12.8. The van der Waals surface area contributed by atoms with Crippen molar-refractivity contribution in [2.24, 2.45) is 7.05 Å². The highest BCUT2D eigenvalue weighted by atomic mass is 16.5. The van der Waals surface area contributed by atoms with Gasteiger partial charge in [-0.1, -0.05) is 18.2 Å². The topological polar surface area (TPSA) is 47.3 Å². The Kier molecular flexibility index (Phi) is 4.36. The van der Waals surface area contributed by atoms with Crippen LogP contribution in [-0.4, -0.2) is 27.6 Å². The average Bonchev–Trinajstić information content (AvgIpc) is 2.81.